The number of amides is 1. The van der Waals surface area contributed by atoms with Crippen molar-refractivity contribution in [1.82, 2.24) is 15.3 Å². The molecule has 1 aromatic carbocycles. The minimum atomic E-state index is -0.545. The van der Waals surface area contributed by atoms with Crippen LogP contribution in [-0.4, -0.2) is 45.7 Å². The fourth-order valence-electron chi connectivity index (χ4n) is 3.45. The van der Waals surface area contributed by atoms with E-state index in [0.29, 0.717) is 17.9 Å². The van der Waals surface area contributed by atoms with Gasteiger partial charge in [-0.05, 0) is 40.5 Å². The summed E-state index contributed by atoms with van der Waals surface area (Å²) in [5.41, 5.74) is 0.819. The Morgan fingerprint density at radius 3 is 2.80 bits per heavy atom. The number of non-ortho nitro benzene ring substituents is 1. The van der Waals surface area contributed by atoms with Gasteiger partial charge in [-0.25, -0.2) is 14.8 Å². The van der Waals surface area contributed by atoms with Gasteiger partial charge in [0, 0.05) is 48.6 Å². The first-order valence-electron chi connectivity index (χ1n) is 9.96. The summed E-state index contributed by atoms with van der Waals surface area (Å²) < 4.78 is 5.32. The summed E-state index contributed by atoms with van der Waals surface area (Å²) in [7, 11) is 0. The Kier molecular flexibility index (Phi) is 6.19. The molecule has 0 spiro atoms. The van der Waals surface area contributed by atoms with E-state index in [-0.39, 0.29) is 11.7 Å². The molecule has 9 heteroatoms. The van der Waals surface area contributed by atoms with Crippen LogP contribution in [0.3, 0.4) is 0 Å². The monoisotopic (exact) mass is 413 g/mol. The maximum atomic E-state index is 12.0. The van der Waals surface area contributed by atoms with E-state index in [1.165, 1.54) is 12.1 Å². The van der Waals surface area contributed by atoms with Crippen LogP contribution in [0.25, 0.3) is 11.4 Å². The number of hydrogen-bond donors (Lipinski definition) is 1. The Balaban J connectivity index is 1.79. The van der Waals surface area contributed by atoms with Crippen LogP contribution in [0.1, 0.15) is 39.3 Å². The third-order valence-corrected chi connectivity index (χ3v) is 4.71. The summed E-state index contributed by atoms with van der Waals surface area (Å²) in [5.74, 6) is 1.19. The molecule has 0 aliphatic carbocycles. The van der Waals surface area contributed by atoms with Crippen LogP contribution in [-0.2, 0) is 4.74 Å². The van der Waals surface area contributed by atoms with E-state index in [2.05, 4.69) is 20.2 Å². The van der Waals surface area contributed by atoms with E-state index in [0.717, 1.165) is 30.9 Å². The van der Waals surface area contributed by atoms with E-state index in [4.69, 9.17) is 4.74 Å². The third kappa shape index (κ3) is 5.43. The molecule has 1 aliphatic rings. The second-order valence-corrected chi connectivity index (χ2v) is 8.37. The minimum absolute atomic E-state index is 0.000217. The number of carbonyl (C=O) groups excluding carboxylic acids is 1. The Hall–Kier alpha value is -3.23. The highest BCUT2D eigenvalue weighted by Gasteiger charge is 2.27. The molecule has 1 saturated heterocycles. The maximum Gasteiger partial charge on any atom is 0.407 e. The number of rotatable bonds is 5. The first-order valence-corrected chi connectivity index (χ1v) is 9.96. The van der Waals surface area contributed by atoms with Crippen LogP contribution in [0.15, 0.2) is 30.3 Å². The van der Waals surface area contributed by atoms with Crippen LogP contribution in [0.4, 0.5) is 16.3 Å². The van der Waals surface area contributed by atoms with Crippen molar-refractivity contribution in [3.8, 4) is 11.4 Å². The number of anilines is 1. The van der Waals surface area contributed by atoms with Gasteiger partial charge in [0.25, 0.3) is 5.69 Å². The number of hydrogen-bond acceptors (Lipinski definition) is 7. The normalized spacial score (nSPS) is 16.4. The molecule has 3 rings (SSSR count). The molecule has 0 bridgehead atoms. The molecule has 1 fully saturated rings. The van der Waals surface area contributed by atoms with E-state index >= 15 is 0 Å². The quantitative estimate of drug-likeness (QED) is 0.585. The molecule has 9 nitrogen and oxygen atoms in total. The zero-order chi connectivity index (χ0) is 21.9. The molecule has 2 heterocycles. The van der Waals surface area contributed by atoms with Crippen LogP contribution >= 0.6 is 0 Å². The van der Waals surface area contributed by atoms with Crippen LogP contribution in [0.2, 0.25) is 0 Å². The van der Waals surface area contributed by atoms with E-state index < -0.39 is 16.6 Å². The number of nitrogens with zero attached hydrogens (tertiary/aromatic N) is 4. The Labute approximate surface area is 175 Å². The summed E-state index contributed by atoms with van der Waals surface area (Å²) in [6, 6.07) is 8.29. The summed E-state index contributed by atoms with van der Waals surface area (Å²) in [5, 5.41) is 13.9. The summed E-state index contributed by atoms with van der Waals surface area (Å²) >= 11 is 0. The lowest BCUT2D eigenvalue weighted by Gasteiger charge is -2.27. The van der Waals surface area contributed by atoms with Gasteiger partial charge in [0.05, 0.1) is 4.92 Å². The van der Waals surface area contributed by atoms with Gasteiger partial charge in [0.1, 0.15) is 11.4 Å². The molecule has 1 aliphatic heterocycles. The average Bonchev–Trinajstić information content (AvgIpc) is 3.13. The van der Waals surface area contributed by atoms with Gasteiger partial charge in [-0.15, -0.1) is 0 Å². The third-order valence-electron chi connectivity index (χ3n) is 4.71. The maximum absolute atomic E-state index is 12.0. The van der Waals surface area contributed by atoms with Gasteiger partial charge in [-0.2, -0.15) is 0 Å². The first-order chi connectivity index (χ1) is 14.1. The van der Waals surface area contributed by atoms with Crippen molar-refractivity contribution in [3.63, 3.8) is 0 Å². The molecule has 1 aromatic heterocycles. The number of ether oxygens (including phenoxy) is 1. The van der Waals surface area contributed by atoms with Crippen molar-refractivity contribution in [2.24, 2.45) is 0 Å². The lowest BCUT2D eigenvalue weighted by atomic mass is 10.2. The van der Waals surface area contributed by atoms with Crippen LogP contribution in [0.5, 0.6) is 0 Å². The Morgan fingerprint density at radius 1 is 1.33 bits per heavy atom. The number of benzene rings is 1. The molecule has 1 atom stereocenters. The molecule has 2 aromatic rings. The summed E-state index contributed by atoms with van der Waals surface area (Å²) in [6.45, 7) is 8.61. The van der Waals surface area contributed by atoms with Crippen molar-refractivity contribution < 1.29 is 14.5 Å². The zero-order valence-electron chi connectivity index (χ0n) is 17.7. The highest BCUT2D eigenvalue weighted by molar-refractivity contribution is 5.68. The van der Waals surface area contributed by atoms with Crippen LogP contribution < -0.4 is 10.2 Å². The van der Waals surface area contributed by atoms with Gasteiger partial charge >= 0.3 is 6.09 Å². The van der Waals surface area contributed by atoms with Gasteiger partial charge in [-0.3, -0.25) is 10.1 Å². The van der Waals surface area contributed by atoms with E-state index in [1.54, 1.807) is 12.1 Å². The fourth-order valence-corrected chi connectivity index (χ4v) is 3.45. The number of nitro groups is 1. The number of carbonyl (C=O) groups is 1. The SMILES string of the molecule is Cc1cc(N2CCC[C@H]2CNC(=O)OC(C)(C)C)nc(-c2cccc([N+](=O)[O-])c2)n1. The lowest BCUT2D eigenvalue weighted by molar-refractivity contribution is -0.384. The Morgan fingerprint density at radius 2 is 2.10 bits per heavy atom. The first kappa shape index (κ1) is 21.5. The van der Waals surface area contributed by atoms with Gasteiger partial charge in [0.15, 0.2) is 5.82 Å². The van der Waals surface area contributed by atoms with Crippen molar-refractivity contribution in [2.75, 3.05) is 18.0 Å². The largest absolute Gasteiger partial charge is 0.444 e. The highest BCUT2D eigenvalue weighted by Crippen LogP contribution is 2.28. The van der Waals surface area contributed by atoms with Gasteiger partial charge in [0.2, 0.25) is 0 Å². The molecule has 30 heavy (non-hydrogen) atoms. The molecular weight excluding hydrogens is 386 g/mol. The standard InChI is InChI=1S/C21H27N5O4/c1-14-11-18(24-19(23-14)15-7-5-8-16(12-15)26(28)29)25-10-6-9-17(25)13-22-20(27)30-21(2,3)4/h5,7-8,11-12,17H,6,9-10,13H2,1-4H3,(H,22,27)/t17-/m0/s1. The van der Waals surface area contributed by atoms with Crippen molar-refractivity contribution in [2.45, 2.75) is 52.2 Å². The van der Waals surface area contributed by atoms with Crippen LogP contribution in [0, 0.1) is 17.0 Å². The number of nitrogens with one attached hydrogen (secondary N) is 1. The summed E-state index contributed by atoms with van der Waals surface area (Å²) in [4.78, 5) is 34.0. The average molecular weight is 413 g/mol. The number of aryl methyl sites for hydroxylation is 1. The van der Waals surface area contributed by atoms with Crippen molar-refractivity contribution in [1.29, 1.82) is 0 Å². The predicted molar refractivity (Wildman–Crippen MR) is 113 cm³/mol. The van der Waals surface area contributed by atoms with Crippen molar-refractivity contribution in [3.05, 3.63) is 46.1 Å². The zero-order valence-corrected chi connectivity index (χ0v) is 17.7. The molecular formula is C21H27N5O4. The summed E-state index contributed by atoms with van der Waals surface area (Å²) in [6.07, 6.45) is 1.46. The second-order valence-electron chi connectivity index (χ2n) is 8.37. The highest BCUT2D eigenvalue weighted by atomic mass is 16.6. The van der Waals surface area contributed by atoms with E-state index in [9.17, 15) is 14.9 Å². The number of alkyl carbamates (subject to hydrolysis) is 1. The van der Waals surface area contributed by atoms with Gasteiger partial charge in [-0.1, -0.05) is 12.1 Å². The fraction of sp³-hybridized carbons (Fsp3) is 0.476. The lowest BCUT2D eigenvalue weighted by Crippen LogP contribution is -2.42. The second kappa shape index (κ2) is 8.64. The van der Waals surface area contributed by atoms with E-state index in [1.807, 2.05) is 33.8 Å². The molecule has 0 saturated carbocycles. The minimum Gasteiger partial charge on any atom is -0.444 e. The molecule has 1 N–H and O–H groups in total. The molecule has 0 radical (unpaired) electrons. The van der Waals surface area contributed by atoms with Crippen molar-refractivity contribution >= 4 is 17.6 Å². The number of nitro benzene ring substituents is 1. The number of aromatic nitrogens is 2. The predicted octanol–water partition coefficient (Wildman–Crippen LogP) is 3.85. The van der Waals surface area contributed by atoms with Gasteiger partial charge < -0.3 is 15.0 Å². The molecule has 160 valence electrons. The molecule has 0 unspecified atom stereocenters. The smallest absolute Gasteiger partial charge is 0.407 e. The Bertz CT molecular complexity index is 941. The topological polar surface area (TPSA) is 110 Å². The molecule has 1 amide bonds.